The fraction of sp³-hybridized carbons (Fsp3) is 1.00. The predicted molar refractivity (Wildman–Crippen MR) is 30.8 cm³/mol. The quantitative estimate of drug-likeness (QED) is 0.443. The second-order valence-electron chi connectivity index (χ2n) is 1.35. The van der Waals surface area contributed by atoms with Gasteiger partial charge in [0, 0.05) is 0 Å². The van der Waals surface area contributed by atoms with Gasteiger partial charge in [-0.3, -0.25) is 4.70 Å². The van der Waals surface area contributed by atoms with Crippen LogP contribution in [-0.4, -0.2) is 7.85 Å². The molecule has 0 saturated carbocycles. The largest absolute Gasteiger partial charge is 0.269 e. The lowest BCUT2D eigenvalue weighted by Crippen LogP contribution is -1.63. The number of halogens is 1. The van der Waals surface area contributed by atoms with Gasteiger partial charge in [-0.25, -0.2) is 0 Å². The highest BCUT2D eigenvalue weighted by atomic mass is 19.0. The summed E-state index contributed by atoms with van der Waals surface area (Å²) >= 11 is 0. The van der Waals surface area contributed by atoms with Crippen LogP contribution in [0, 0.1) is 0 Å². The van der Waals surface area contributed by atoms with Gasteiger partial charge in [0.25, 0.3) is 0 Å². The summed E-state index contributed by atoms with van der Waals surface area (Å²) in [7, 11) is 2.21. The van der Waals surface area contributed by atoms with Crippen LogP contribution in [-0.2, 0) is 0 Å². The monoisotopic (exact) mass is 90.1 g/mol. The Morgan fingerprint density at radius 1 is 1.50 bits per heavy atom. The summed E-state index contributed by atoms with van der Waals surface area (Å²) in [5.74, 6) is 0. The van der Waals surface area contributed by atoms with Crippen LogP contribution in [0.5, 0.6) is 0 Å². The first-order chi connectivity index (χ1) is 2.41. The summed E-state index contributed by atoms with van der Waals surface area (Å²) in [6, 6.07) is 0. The summed E-state index contributed by atoms with van der Waals surface area (Å²) in [5.41, 5.74) is 0. The van der Waals surface area contributed by atoms with E-state index in [1.807, 2.05) is 0 Å². The molecular formula is C4H12BF. The molecule has 0 aliphatic carbocycles. The van der Waals surface area contributed by atoms with Gasteiger partial charge in [0.15, 0.2) is 0 Å². The van der Waals surface area contributed by atoms with Crippen LogP contribution < -0.4 is 0 Å². The third kappa shape index (κ3) is 9.00. The molecule has 0 amide bonds. The van der Waals surface area contributed by atoms with Crippen molar-refractivity contribution < 1.29 is 4.70 Å². The smallest absolute Gasteiger partial charge is 0.101 e. The van der Waals surface area contributed by atoms with E-state index in [4.69, 9.17) is 0 Å². The first kappa shape index (κ1) is 9.37. The Morgan fingerprint density at radius 2 is 2.00 bits per heavy atom. The minimum absolute atomic E-state index is 0. The van der Waals surface area contributed by atoms with Crippen LogP contribution >= 0.6 is 0 Å². The van der Waals surface area contributed by atoms with Crippen LogP contribution in [0.25, 0.3) is 0 Å². The van der Waals surface area contributed by atoms with E-state index in [9.17, 15) is 0 Å². The maximum atomic E-state index is 2.21. The number of hydrogen-bond acceptors (Lipinski definition) is 0. The lowest BCUT2D eigenvalue weighted by atomic mass is 10.0. The zero-order valence-corrected chi connectivity index (χ0v) is 4.53. The number of rotatable bonds is 2. The van der Waals surface area contributed by atoms with E-state index < -0.39 is 0 Å². The van der Waals surface area contributed by atoms with Crippen LogP contribution in [0.3, 0.4) is 0 Å². The molecule has 0 aliphatic rings. The highest BCUT2D eigenvalue weighted by Gasteiger charge is 1.68. The lowest BCUT2D eigenvalue weighted by Gasteiger charge is -1.78. The molecule has 2 heteroatoms. The van der Waals surface area contributed by atoms with Crippen LogP contribution in [0.4, 0.5) is 4.70 Å². The van der Waals surface area contributed by atoms with Gasteiger partial charge in [0.1, 0.15) is 7.85 Å². The van der Waals surface area contributed by atoms with Crippen LogP contribution in [0.2, 0.25) is 6.32 Å². The van der Waals surface area contributed by atoms with E-state index in [0.29, 0.717) is 0 Å². The standard InChI is InChI=1S/C4H11B.FH/c1-2-3-4-5;/h2-5H2,1H3;1H. The maximum Gasteiger partial charge on any atom is 0.101 e. The average molecular weight is 90.0 g/mol. The van der Waals surface area contributed by atoms with Gasteiger partial charge >= 0.3 is 0 Å². The van der Waals surface area contributed by atoms with Crippen molar-refractivity contribution in [2.24, 2.45) is 0 Å². The fourth-order valence-electron chi connectivity index (χ4n) is 0.354. The van der Waals surface area contributed by atoms with Gasteiger partial charge in [-0.1, -0.05) is 26.1 Å². The third-order valence-electron chi connectivity index (χ3n) is 0.707. The molecule has 0 rings (SSSR count). The molecule has 0 heterocycles. The molecule has 0 bridgehead atoms. The summed E-state index contributed by atoms with van der Waals surface area (Å²) in [6.45, 7) is 2.21. The fourth-order valence-corrected chi connectivity index (χ4v) is 0.354. The zero-order chi connectivity index (χ0) is 4.12. The Labute approximate surface area is 39.7 Å². The van der Waals surface area contributed by atoms with Crippen molar-refractivity contribution in [1.29, 1.82) is 0 Å². The SMILES string of the molecule is BCCCC.F. The summed E-state index contributed by atoms with van der Waals surface area (Å²) in [6.07, 6.45) is 4.08. The van der Waals surface area contributed by atoms with Crippen molar-refractivity contribution in [2.45, 2.75) is 26.1 Å². The van der Waals surface area contributed by atoms with Crippen molar-refractivity contribution in [2.75, 3.05) is 0 Å². The van der Waals surface area contributed by atoms with E-state index in [-0.39, 0.29) is 4.70 Å². The first-order valence-corrected chi connectivity index (χ1v) is 2.41. The molecule has 0 aromatic rings. The molecule has 38 valence electrons. The van der Waals surface area contributed by atoms with Crippen molar-refractivity contribution in [1.82, 2.24) is 0 Å². The van der Waals surface area contributed by atoms with Crippen molar-refractivity contribution in [3.63, 3.8) is 0 Å². The Hall–Kier alpha value is -0.00506. The highest BCUT2D eigenvalue weighted by molar-refractivity contribution is 6.08. The molecule has 0 nitrogen and oxygen atoms in total. The Morgan fingerprint density at radius 3 is 2.00 bits per heavy atom. The Bertz CT molecular complexity index is 15.0. The Kier molecular flexibility index (Phi) is 13.9. The van der Waals surface area contributed by atoms with Gasteiger partial charge in [-0.05, 0) is 0 Å². The van der Waals surface area contributed by atoms with E-state index in [1.165, 1.54) is 19.2 Å². The Balaban J connectivity index is 0. The molecule has 0 radical (unpaired) electrons. The van der Waals surface area contributed by atoms with Gasteiger partial charge in [-0.15, -0.1) is 0 Å². The van der Waals surface area contributed by atoms with E-state index in [2.05, 4.69) is 14.8 Å². The zero-order valence-electron chi connectivity index (χ0n) is 4.53. The van der Waals surface area contributed by atoms with Gasteiger partial charge in [-0.2, -0.15) is 0 Å². The molecule has 0 unspecified atom stereocenters. The topological polar surface area (TPSA) is 0 Å². The molecule has 0 aromatic heterocycles. The van der Waals surface area contributed by atoms with Crippen LogP contribution in [0.15, 0.2) is 0 Å². The molecule has 0 fully saturated rings. The molecule has 0 N–H and O–H groups in total. The maximum absolute atomic E-state index is 2.21. The predicted octanol–water partition coefficient (Wildman–Crippen LogP) is 0.990. The molecule has 0 saturated heterocycles. The molecule has 0 spiro atoms. The minimum Gasteiger partial charge on any atom is -0.269 e. The van der Waals surface area contributed by atoms with E-state index in [1.54, 1.807) is 0 Å². The number of hydrogen-bond donors (Lipinski definition) is 0. The highest BCUT2D eigenvalue weighted by Crippen LogP contribution is 1.86. The van der Waals surface area contributed by atoms with Crippen molar-refractivity contribution in [3.8, 4) is 0 Å². The second kappa shape index (κ2) is 8.89. The normalized spacial score (nSPS) is 6.83. The molecule has 0 aromatic carbocycles. The molecule has 0 atom stereocenters. The lowest BCUT2D eigenvalue weighted by molar-refractivity contribution is 0.884. The summed E-state index contributed by atoms with van der Waals surface area (Å²) in [4.78, 5) is 0. The third-order valence-corrected chi connectivity index (χ3v) is 0.707. The minimum atomic E-state index is 0. The molecule has 0 aliphatic heterocycles. The first-order valence-electron chi connectivity index (χ1n) is 2.41. The van der Waals surface area contributed by atoms with Crippen LogP contribution in [0.1, 0.15) is 19.8 Å². The van der Waals surface area contributed by atoms with Gasteiger partial charge in [0.2, 0.25) is 0 Å². The second-order valence-corrected chi connectivity index (χ2v) is 1.35. The van der Waals surface area contributed by atoms with Crippen molar-refractivity contribution in [3.05, 3.63) is 0 Å². The van der Waals surface area contributed by atoms with Gasteiger partial charge in [0.05, 0.1) is 0 Å². The van der Waals surface area contributed by atoms with E-state index in [0.717, 1.165) is 0 Å². The number of unbranched alkanes of at least 4 members (excludes halogenated alkanes) is 1. The summed E-state index contributed by atoms with van der Waals surface area (Å²) in [5, 5.41) is 0. The summed E-state index contributed by atoms with van der Waals surface area (Å²) < 4.78 is 0. The molecule has 6 heavy (non-hydrogen) atoms. The average Bonchev–Trinajstić information content (AvgIpc) is 1.41. The molecular weight excluding hydrogens is 77.9 g/mol. The van der Waals surface area contributed by atoms with E-state index >= 15 is 0 Å². The van der Waals surface area contributed by atoms with Crippen molar-refractivity contribution >= 4 is 7.85 Å². The van der Waals surface area contributed by atoms with Gasteiger partial charge < -0.3 is 0 Å².